The van der Waals surface area contributed by atoms with Crippen molar-refractivity contribution in [1.82, 2.24) is 14.7 Å². The van der Waals surface area contributed by atoms with Crippen LogP contribution in [0.1, 0.15) is 35.2 Å². The van der Waals surface area contributed by atoms with E-state index in [1.54, 1.807) is 44.6 Å². The molecule has 1 atom stereocenters. The Labute approximate surface area is 211 Å². The van der Waals surface area contributed by atoms with Crippen molar-refractivity contribution in [1.29, 1.82) is 0 Å². The van der Waals surface area contributed by atoms with Crippen LogP contribution in [-0.4, -0.2) is 80.0 Å². The molecule has 2 saturated heterocycles. The average molecular weight is 496 g/mol. The molecule has 0 bridgehead atoms. The zero-order valence-electron chi connectivity index (χ0n) is 21.0. The lowest BCUT2D eigenvalue weighted by atomic mass is 9.90. The van der Waals surface area contributed by atoms with Gasteiger partial charge in [0.15, 0.2) is 11.5 Å². The molecule has 1 aliphatic carbocycles. The Morgan fingerprint density at radius 1 is 0.917 bits per heavy atom. The summed E-state index contributed by atoms with van der Waals surface area (Å²) >= 11 is 0. The Balaban J connectivity index is 1.11. The van der Waals surface area contributed by atoms with Crippen molar-refractivity contribution in [3.8, 4) is 11.5 Å². The number of amides is 2. The molecule has 3 aliphatic rings. The van der Waals surface area contributed by atoms with Crippen molar-refractivity contribution in [2.75, 3.05) is 53.5 Å². The third kappa shape index (κ3) is 4.91. The fraction of sp³-hybridized carbons (Fsp3) is 0.500. The van der Waals surface area contributed by atoms with Gasteiger partial charge in [-0.2, -0.15) is 0 Å². The molecule has 0 aromatic heterocycles. The molecule has 8 heteroatoms. The summed E-state index contributed by atoms with van der Waals surface area (Å²) in [6.07, 6.45) is 2.65. The van der Waals surface area contributed by atoms with Crippen molar-refractivity contribution in [3.63, 3.8) is 0 Å². The Bertz CT molecular complexity index is 1120. The molecule has 192 valence electrons. The van der Waals surface area contributed by atoms with E-state index < -0.39 is 0 Å². The molecule has 2 heterocycles. The minimum Gasteiger partial charge on any atom is -0.493 e. The van der Waals surface area contributed by atoms with Crippen molar-refractivity contribution in [3.05, 3.63) is 59.4 Å². The lowest BCUT2D eigenvalue weighted by molar-refractivity contribution is -0.135. The number of rotatable bonds is 6. The van der Waals surface area contributed by atoms with E-state index in [2.05, 4.69) is 4.90 Å². The first-order valence-corrected chi connectivity index (χ1v) is 12.7. The summed E-state index contributed by atoms with van der Waals surface area (Å²) in [6.45, 7) is 5.06. The number of ether oxygens (including phenoxy) is 2. The number of carbonyl (C=O) groups excluding carboxylic acids is 2. The topological polar surface area (TPSA) is 62.3 Å². The Hall–Kier alpha value is -3.13. The number of hydrogen-bond acceptors (Lipinski definition) is 5. The Morgan fingerprint density at radius 2 is 1.64 bits per heavy atom. The van der Waals surface area contributed by atoms with E-state index in [-0.39, 0.29) is 29.0 Å². The number of methoxy groups -OCH3 is 2. The Kier molecular flexibility index (Phi) is 6.88. The first kappa shape index (κ1) is 24.6. The van der Waals surface area contributed by atoms with E-state index in [9.17, 15) is 14.0 Å². The molecule has 5 rings (SSSR count). The molecule has 1 spiro atoms. The summed E-state index contributed by atoms with van der Waals surface area (Å²) in [5.41, 5.74) is 1.60. The molecular formula is C28H34FN3O4. The molecule has 7 nitrogen and oxygen atoms in total. The average Bonchev–Trinajstić information content (AvgIpc) is 3.61. The highest BCUT2D eigenvalue weighted by molar-refractivity contribution is 5.95. The van der Waals surface area contributed by atoms with Crippen molar-refractivity contribution >= 4 is 11.8 Å². The predicted octanol–water partition coefficient (Wildman–Crippen LogP) is 3.43. The van der Waals surface area contributed by atoms with Gasteiger partial charge in [0.2, 0.25) is 5.91 Å². The summed E-state index contributed by atoms with van der Waals surface area (Å²) in [6, 6.07) is 12.0. The first-order valence-electron chi connectivity index (χ1n) is 12.7. The minimum absolute atomic E-state index is 0.0104. The highest BCUT2D eigenvalue weighted by Gasteiger charge is 2.59. The molecule has 0 radical (unpaired) electrons. The van der Waals surface area contributed by atoms with Gasteiger partial charge >= 0.3 is 0 Å². The normalized spacial score (nSPS) is 21.4. The van der Waals surface area contributed by atoms with Crippen LogP contribution in [0.3, 0.4) is 0 Å². The van der Waals surface area contributed by atoms with Crippen molar-refractivity contribution in [2.24, 2.45) is 11.3 Å². The lowest BCUT2D eigenvalue weighted by Gasteiger charge is -2.36. The van der Waals surface area contributed by atoms with E-state index >= 15 is 0 Å². The number of nitrogens with zero attached hydrogens (tertiary/aromatic N) is 3. The van der Waals surface area contributed by atoms with E-state index in [1.807, 2.05) is 15.9 Å². The fourth-order valence-electron chi connectivity index (χ4n) is 5.80. The maximum atomic E-state index is 13.5. The number of carbonyl (C=O) groups is 2. The van der Waals surface area contributed by atoms with E-state index in [4.69, 9.17) is 9.47 Å². The lowest BCUT2D eigenvalue weighted by Crippen LogP contribution is -2.49. The third-order valence-corrected chi connectivity index (χ3v) is 8.14. The molecule has 2 amide bonds. The van der Waals surface area contributed by atoms with Gasteiger partial charge in [-0.15, -0.1) is 0 Å². The van der Waals surface area contributed by atoms with Crippen LogP contribution in [0.15, 0.2) is 42.5 Å². The van der Waals surface area contributed by atoms with Gasteiger partial charge in [0.1, 0.15) is 5.82 Å². The van der Waals surface area contributed by atoms with Crippen LogP contribution in [0.2, 0.25) is 0 Å². The third-order valence-electron chi connectivity index (χ3n) is 8.14. The molecule has 2 aromatic carbocycles. The van der Waals surface area contributed by atoms with Gasteiger partial charge in [0, 0.05) is 57.3 Å². The molecule has 1 saturated carbocycles. The SMILES string of the molecule is COc1ccc(C(=O)N2CCC3(CC2)C[C@@H]3C(=O)N2CCN(Cc3cccc(F)c3)CC2)cc1OC. The zero-order chi connectivity index (χ0) is 25.3. The van der Waals surface area contributed by atoms with Crippen LogP contribution in [0.4, 0.5) is 4.39 Å². The largest absolute Gasteiger partial charge is 0.493 e. The highest BCUT2D eigenvalue weighted by atomic mass is 19.1. The standard InChI is InChI=1S/C28H34FN3O4/c1-35-24-7-6-21(17-25(24)36-2)26(33)31-10-8-28(9-11-31)18-23(28)27(34)32-14-12-30(13-15-32)19-20-4-3-5-22(29)16-20/h3-7,16-17,23H,8-15,18-19H2,1-2H3/t23-/m1/s1. The second kappa shape index (κ2) is 10.1. The fourth-order valence-corrected chi connectivity index (χ4v) is 5.80. The van der Waals surface area contributed by atoms with Gasteiger partial charge in [-0.25, -0.2) is 4.39 Å². The summed E-state index contributed by atoms with van der Waals surface area (Å²) in [5, 5.41) is 0. The number of hydrogen-bond donors (Lipinski definition) is 0. The van der Waals surface area contributed by atoms with Crippen LogP contribution in [0.5, 0.6) is 11.5 Å². The highest BCUT2D eigenvalue weighted by Crippen LogP contribution is 2.60. The summed E-state index contributed by atoms with van der Waals surface area (Å²) in [4.78, 5) is 32.5. The van der Waals surface area contributed by atoms with E-state index in [0.717, 1.165) is 37.9 Å². The molecule has 3 fully saturated rings. The molecule has 2 aromatic rings. The Morgan fingerprint density at radius 3 is 2.31 bits per heavy atom. The van der Waals surface area contributed by atoms with Gasteiger partial charge in [-0.3, -0.25) is 14.5 Å². The number of likely N-dealkylation sites (tertiary alicyclic amines) is 1. The second-order valence-electron chi connectivity index (χ2n) is 10.2. The number of benzene rings is 2. The van der Waals surface area contributed by atoms with Crippen LogP contribution in [-0.2, 0) is 11.3 Å². The molecule has 36 heavy (non-hydrogen) atoms. The van der Waals surface area contributed by atoms with Crippen molar-refractivity contribution < 1.29 is 23.5 Å². The van der Waals surface area contributed by atoms with Gasteiger partial charge in [0.25, 0.3) is 5.91 Å². The first-order chi connectivity index (χ1) is 17.4. The van der Waals surface area contributed by atoms with E-state index in [1.165, 1.54) is 6.07 Å². The molecule has 0 unspecified atom stereocenters. The zero-order valence-corrected chi connectivity index (χ0v) is 21.0. The smallest absolute Gasteiger partial charge is 0.253 e. The number of piperidine rings is 1. The van der Waals surface area contributed by atoms with Gasteiger partial charge in [0.05, 0.1) is 14.2 Å². The van der Waals surface area contributed by atoms with E-state index in [0.29, 0.717) is 49.8 Å². The maximum Gasteiger partial charge on any atom is 0.253 e. The number of piperazine rings is 1. The summed E-state index contributed by atoms with van der Waals surface area (Å²) < 4.78 is 24.1. The molecular weight excluding hydrogens is 461 g/mol. The maximum absolute atomic E-state index is 13.5. The van der Waals surface area contributed by atoms with Gasteiger partial charge in [-0.05, 0) is 60.6 Å². The van der Waals surface area contributed by atoms with Crippen LogP contribution < -0.4 is 9.47 Å². The van der Waals surface area contributed by atoms with Crippen LogP contribution in [0.25, 0.3) is 0 Å². The van der Waals surface area contributed by atoms with Crippen molar-refractivity contribution in [2.45, 2.75) is 25.8 Å². The minimum atomic E-state index is -0.211. The quantitative estimate of drug-likeness (QED) is 0.615. The molecule has 0 N–H and O–H groups in total. The number of halogens is 1. The van der Waals surface area contributed by atoms with Gasteiger partial charge < -0.3 is 19.3 Å². The summed E-state index contributed by atoms with van der Waals surface area (Å²) in [5.74, 6) is 1.26. The second-order valence-corrected chi connectivity index (χ2v) is 10.2. The summed E-state index contributed by atoms with van der Waals surface area (Å²) in [7, 11) is 3.13. The molecule has 2 aliphatic heterocycles. The predicted molar refractivity (Wildman–Crippen MR) is 133 cm³/mol. The van der Waals surface area contributed by atoms with Crippen LogP contribution in [0, 0.1) is 17.2 Å². The monoisotopic (exact) mass is 495 g/mol. The van der Waals surface area contributed by atoms with Gasteiger partial charge in [-0.1, -0.05) is 12.1 Å². The van der Waals surface area contributed by atoms with Crippen LogP contribution >= 0.6 is 0 Å².